The van der Waals surface area contributed by atoms with Crippen molar-refractivity contribution in [3.63, 3.8) is 0 Å². The van der Waals surface area contributed by atoms with E-state index in [0.29, 0.717) is 0 Å². The van der Waals surface area contributed by atoms with Crippen LogP contribution in [0.5, 0.6) is 0 Å². The number of para-hydroxylation sites is 3. The average Bonchev–Trinajstić information content (AvgIpc) is 3.69. The van der Waals surface area contributed by atoms with Crippen LogP contribution in [-0.4, -0.2) is 9.13 Å². The molecule has 248 valence electrons. The van der Waals surface area contributed by atoms with Crippen LogP contribution in [0.15, 0.2) is 158 Å². The summed E-state index contributed by atoms with van der Waals surface area (Å²) >= 11 is 0. The molecule has 9 rings (SSSR count). The monoisotopic (exact) mass is 658 g/mol. The fourth-order valence-electron chi connectivity index (χ4n) is 8.36. The van der Waals surface area contributed by atoms with Gasteiger partial charge >= 0.3 is 0 Å². The van der Waals surface area contributed by atoms with Crippen LogP contribution < -0.4 is 0 Å². The number of rotatable bonds is 6. The molecule has 0 radical (unpaired) electrons. The summed E-state index contributed by atoms with van der Waals surface area (Å²) in [5.74, 6) is 0. The molecule has 0 amide bonds. The molecule has 2 aromatic heterocycles. The van der Waals surface area contributed by atoms with Crippen LogP contribution in [0.4, 0.5) is 0 Å². The Morgan fingerprint density at radius 3 is 1.29 bits per heavy atom. The van der Waals surface area contributed by atoms with Gasteiger partial charge in [-0.05, 0) is 76.7 Å². The molecule has 51 heavy (non-hydrogen) atoms. The van der Waals surface area contributed by atoms with Crippen molar-refractivity contribution in [2.24, 2.45) is 0 Å². The van der Waals surface area contributed by atoms with Gasteiger partial charge in [0.1, 0.15) is 0 Å². The number of aromatic nitrogens is 2. The summed E-state index contributed by atoms with van der Waals surface area (Å²) < 4.78 is 4.77. The molecule has 0 bridgehead atoms. The van der Waals surface area contributed by atoms with Gasteiger partial charge in [-0.3, -0.25) is 0 Å². The van der Waals surface area contributed by atoms with Gasteiger partial charge in [-0.2, -0.15) is 0 Å². The number of fused-ring (bicyclic) bond motifs is 6. The Morgan fingerprint density at radius 2 is 0.824 bits per heavy atom. The predicted molar refractivity (Wildman–Crippen MR) is 217 cm³/mol. The molecule has 2 heteroatoms. The van der Waals surface area contributed by atoms with Crippen molar-refractivity contribution in [3.05, 3.63) is 192 Å². The van der Waals surface area contributed by atoms with Gasteiger partial charge in [-0.1, -0.05) is 150 Å². The Balaban J connectivity index is 0.996. The van der Waals surface area contributed by atoms with Gasteiger partial charge in [-0.15, -0.1) is 0 Å². The standard InChI is InChI=1S/C49H42N2/c1-33-13-12-17-43-42-16-8-11-20-46(42)51(47(33)43)39-31-27-37(28-32-39)49(4,5)35-23-21-34(22-24-35)48(2,3)36-25-29-38(30-26-36)50-44-18-9-6-14-40(44)41-15-7-10-19-45(41)50/h6-12,14-32H,1,13H2,2-5H3. The fourth-order valence-corrected chi connectivity index (χ4v) is 8.36. The zero-order valence-electron chi connectivity index (χ0n) is 29.8. The zero-order chi connectivity index (χ0) is 34.9. The lowest BCUT2D eigenvalue weighted by Crippen LogP contribution is -2.21. The molecule has 0 atom stereocenters. The highest BCUT2D eigenvalue weighted by Crippen LogP contribution is 2.40. The third kappa shape index (κ3) is 4.85. The van der Waals surface area contributed by atoms with Gasteiger partial charge in [0.15, 0.2) is 0 Å². The van der Waals surface area contributed by atoms with Gasteiger partial charge in [0.2, 0.25) is 0 Å². The van der Waals surface area contributed by atoms with E-state index in [1.54, 1.807) is 0 Å². The Hall–Kier alpha value is -5.86. The van der Waals surface area contributed by atoms with Crippen LogP contribution in [0, 0.1) is 0 Å². The van der Waals surface area contributed by atoms with Crippen molar-refractivity contribution in [1.29, 1.82) is 0 Å². The topological polar surface area (TPSA) is 9.86 Å². The van der Waals surface area contributed by atoms with E-state index in [2.05, 4.69) is 201 Å². The fraction of sp³-hybridized carbons (Fsp3) is 0.143. The molecule has 0 aliphatic heterocycles. The van der Waals surface area contributed by atoms with Gasteiger partial charge in [0.25, 0.3) is 0 Å². The maximum absolute atomic E-state index is 4.44. The van der Waals surface area contributed by atoms with Crippen molar-refractivity contribution < 1.29 is 0 Å². The van der Waals surface area contributed by atoms with Gasteiger partial charge in [0, 0.05) is 43.9 Å². The molecule has 2 nitrogen and oxygen atoms in total. The molecule has 0 N–H and O–H groups in total. The Kier molecular flexibility index (Phi) is 7.09. The van der Waals surface area contributed by atoms with E-state index in [9.17, 15) is 0 Å². The summed E-state index contributed by atoms with van der Waals surface area (Å²) in [5.41, 5.74) is 14.6. The van der Waals surface area contributed by atoms with E-state index in [-0.39, 0.29) is 10.8 Å². The molecule has 0 spiro atoms. The normalized spacial score (nSPS) is 13.4. The highest BCUT2D eigenvalue weighted by Gasteiger charge is 2.27. The van der Waals surface area contributed by atoms with Gasteiger partial charge in [0.05, 0.1) is 22.2 Å². The number of benzene rings is 6. The van der Waals surface area contributed by atoms with Crippen molar-refractivity contribution in [2.45, 2.75) is 44.9 Å². The maximum Gasteiger partial charge on any atom is 0.0570 e. The second-order valence-electron chi connectivity index (χ2n) is 15.1. The highest BCUT2D eigenvalue weighted by molar-refractivity contribution is 6.09. The molecule has 1 aliphatic carbocycles. The number of nitrogens with zero attached hydrogens (tertiary/aromatic N) is 2. The third-order valence-electron chi connectivity index (χ3n) is 11.5. The van der Waals surface area contributed by atoms with E-state index in [1.807, 2.05) is 0 Å². The third-order valence-corrected chi connectivity index (χ3v) is 11.5. The molecule has 0 saturated heterocycles. The van der Waals surface area contributed by atoms with Crippen LogP contribution in [0.2, 0.25) is 0 Å². The molecular formula is C49H42N2. The molecule has 6 aromatic carbocycles. The summed E-state index contributed by atoms with van der Waals surface area (Å²) in [6.45, 7) is 13.8. The Morgan fingerprint density at radius 1 is 0.451 bits per heavy atom. The summed E-state index contributed by atoms with van der Waals surface area (Å²) in [7, 11) is 0. The summed E-state index contributed by atoms with van der Waals surface area (Å²) in [6, 6.07) is 53.7. The summed E-state index contributed by atoms with van der Waals surface area (Å²) in [5, 5.41) is 3.85. The van der Waals surface area contributed by atoms with Gasteiger partial charge < -0.3 is 9.13 Å². The van der Waals surface area contributed by atoms with E-state index < -0.39 is 0 Å². The van der Waals surface area contributed by atoms with Crippen molar-refractivity contribution in [3.8, 4) is 11.4 Å². The largest absolute Gasteiger partial charge is 0.309 e. The molecule has 0 saturated carbocycles. The smallest absolute Gasteiger partial charge is 0.0570 e. The van der Waals surface area contributed by atoms with Crippen molar-refractivity contribution in [2.75, 3.05) is 0 Å². The lowest BCUT2D eigenvalue weighted by molar-refractivity contribution is 0.626. The first-order valence-electron chi connectivity index (χ1n) is 18.0. The number of hydrogen-bond donors (Lipinski definition) is 0. The minimum absolute atomic E-state index is 0.151. The van der Waals surface area contributed by atoms with Crippen LogP contribution in [-0.2, 0) is 10.8 Å². The maximum atomic E-state index is 4.44. The number of allylic oxidation sites excluding steroid dienone is 2. The summed E-state index contributed by atoms with van der Waals surface area (Å²) in [6.07, 6.45) is 5.37. The Labute approximate surface area is 300 Å². The average molecular weight is 659 g/mol. The molecule has 0 fully saturated rings. The SMILES string of the molecule is C=C1CC=Cc2c1n(-c1ccc(C(C)(C)c3ccc(C(C)(C)c4ccc(-n5c6ccccc6c6ccccc65)cc4)cc3)cc1)c1ccccc21. The Bertz CT molecular complexity index is 2580. The number of hydrogen-bond acceptors (Lipinski definition) is 0. The first-order valence-corrected chi connectivity index (χ1v) is 18.0. The highest BCUT2D eigenvalue weighted by atomic mass is 15.0. The minimum Gasteiger partial charge on any atom is -0.309 e. The first-order chi connectivity index (χ1) is 24.7. The van der Waals surface area contributed by atoms with E-state index >= 15 is 0 Å². The molecule has 1 aliphatic rings. The summed E-state index contributed by atoms with van der Waals surface area (Å²) in [4.78, 5) is 0. The van der Waals surface area contributed by atoms with Crippen LogP contribution in [0.1, 0.15) is 67.6 Å². The molecule has 0 unspecified atom stereocenters. The van der Waals surface area contributed by atoms with E-state index in [0.717, 1.165) is 12.0 Å². The predicted octanol–water partition coefficient (Wildman–Crippen LogP) is 12.8. The lowest BCUT2D eigenvalue weighted by Gasteiger charge is -2.30. The van der Waals surface area contributed by atoms with Crippen LogP contribution in [0.25, 0.3) is 55.7 Å². The van der Waals surface area contributed by atoms with Crippen LogP contribution in [0.3, 0.4) is 0 Å². The molecule has 2 heterocycles. The first kappa shape index (κ1) is 31.1. The quantitative estimate of drug-likeness (QED) is 0.168. The van der Waals surface area contributed by atoms with Crippen molar-refractivity contribution >= 4 is 44.4 Å². The molecule has 8 aromatic rings. The molecular weight excluding hydrogens is 617 g/mol. The van der Waals surface area contributed by atoms with E-state index in [1.165, 1.54) is 77.6 Å². The zero-order valence-corrected chi connectivity index (χ0v) is 29.8. The van der Waals surface area contributed by atoms with Crippen LogP contribution >= 0.6 is 0 Å². The lowest BCUT2D eigenvalue weighted by atomic mass is 9.74. The van der Waals surface area contributed by atoms with E-state index in [4.69, 9.17) is 0 Å². The second-order valence-corrected chi connectivity index (χ2v) is 15.1. The minimum atomic E-state index is -0.157. The van der Waals surface area contributed by atoms with Crippen molar-refractivity contribution in [1.82, 2.24) is 9.13 Å². The second kappa shape index (κ2) is 11.6. The van der Waals surface area contributed by atoms with Gasteiger partial charge in [-0.25, -0.2) is 0 Å².